The van der Waals surface area contributed by atoms with Crippen LogP contribution in [0.15, 0.2) is 73.1 Å². The predicted octanol–water partition coefficient (Wildman–Crippen LogP) is 5.87. The van der Waals surface area contributed by atoms with E-state index >= 15 is 0 Å². The normalized spacial score (nSPS) is 12.2. The molecular formula is C24H21ClF3N3O2. The van der Waals surface area contributed by atoms with E-state index in [1.807, 2.05) is 31.6 Å². The summed E-state index contributed by atoms with van der Waals surface area (Å²) >= 11 is 6.04. The van der Waals surface area contributed by atoms with Gasteiger partial charge in [0, 0.05) is 35.3 Å². The summed E-state index contributed by atoms with van der Waals surface area (Å²) in [6.07, 6.45) is -1.31. The zero-order chi connectivity index (χ0) is 24.0. The van der Waals surface area contributed by atoms with Crippen LogP contribution in [0.5, 0.6) is 0 Å². The summed E-state index contributed by atoms with van der Waals surface area (Å²) in [7, 11) is 1.98. The number of rotatable bonds is 5. The zero-order valence-electron chi connectivity index (χ0n) is 17.5. The van der Waals surface area contributed by atoms with Gasteiger partial charge in [-0.3, -0.25) is 0 Å². The number of likely N-dealkylation sites (N-methyl/N-ethyl adjacent to an activating group) is 1. The Balaban J connectivity index is 0.000000383. The van der Waals surface area contributed by atoms with Crippen LogP contribution in [0.25, 0.3) is 22.2 Å². The average Bonchev–Trinajstić information content (AvgIpc) is 3.27. The molecular weight excluding hydrogens is 455 g/mol. The predicted molar refractivity (Wildman–Crippen MR) is 122 cm³/mol. The molecule has 9 heteroatoms. The van der Waals surface area contributed by atoms with E-state index in [-0.39, 0.29) is 5.92 Å². The lowest BCUT2D eigenvalue weighted by atomic mass is 9.90. The van der Waals surface area contributed by atoms with Crippen LogP contribution in [0.4, 0.5) is 13.2 Å². The number of fused-ring (bicyclic) bond motifs is 1. The third kappa shape index (κ3) is 6.12. The molecule has 2 aromatic carbocycles. The van der Waals surface area contributed by atoms with Gasteiger partial charge in [-0.05, 0) is 53.6 Å². The van der Waals surface area contributed by atoms with E-state index in [2.05, 4.69) is 63.8 Å². The summed E-state index contributed by atoms with van der Waals surface area (Å²) in [6.45, 7) is 0.873. The van der Waals surface area contributed by atoms with Gasteiger partial charge in [0.05, 0.1) is 0 Å². The quantitative estimate of drug-likeness (QED) is 0.337. The van der Waals surface area contributed by atoms with Crippen LogP contribution in [0.1, 0.15) is 17.0 Å². The van der Waals surface area contributed by atoms with Crippen molar-refractivity contribution in [3.63, 3.8) is 0 Å². The van der Waals surface area contributed by atoms with Gasteiger partial charge in [0.25, 0.3) is 0 Å². The number of halogens is 4. The first-order valence-corrected chi connectivity index (χ1v) is 10.3. The van der Waals surface area contributed by atoms with Gasteiger partial charge < -0.3 is 15.4 Å². The minimum Gasteiger partial charge on any atom is -0.475 e. The number of nitrogens with one attached hydrogen (secondary N) is 2. The van der Waals surface area contributed by atoms with Gasteiger partial charge in [0.15, 0.2) is 0 Å². The van der Waals surface area contributed by atoms with E-state index < -0.39 is 12.1 Å². The average molecular weight is 476 g/mol. The van der Waals surface area contributed by atoms with Crippen LogP contribution in [0, 0.1) is 0 Å². The SMILES string of the molecule is CNCC(c1ccc(Cl)cc1)c1ccc(-c2ccnc3[nH]ccc23)cc1.O=C(O)C(F)(F)F. The molecule has 3 N–H and O–H groups in total. The first kappa shape index (κ1) is 24.3. The van der Waals surface area contributed by atoms with Crippen LogP contribution in [0.2, 0.25) is 5.02 Å². The third-order valence-electron chi connectivity index (χ3n) is 5.01. The van der Waals surface area contributed by atoms with Gasteiger partial charge in [-0.2, -0.15) is 13.2 Å². The summed E-state index contributed by atoms with van der Waals surface area (Å²) in [5, 5.41) is 12.3. The molecule has 0 aliphatic carbocycles. The molecule has 172 valence electrons. The van der Waals surface area contributed by atoms with Crippen molar-refractivity contribution in [3.8, 4) is 11.1 Å². The lowest BCUT2D eigenvalue weighted by molar-refractivity contribution is -0.192. The maximum atomic E-state index is 10.6. The Labute approximate surface area is 193 Å². The molecule has 0 aliphatic heterocycles. The number of nitrogens with zero attached hydrogens (tertiary/aromatic N) is 1. The Bertz CT molecular complexity index is 1210. The molecule has 0 bridgehead atoms. The van der Waals surface area contributed by atoms with Crippen molar-refractivity contribution in [1.29, 1.82) is 0 Å². The summed E-state index contributed by atoms with van der Waals surface area (Å²) in [5.74, 6) is -2.47. The van der Waals surface area contributed by atoms with Gasteiger partial charge in [0.2, 0.25) is 0 Å². The monoisotopic (exact) mass is 475 g/mol. The Morgan fingerprint density at radius 3 is 2.18 bits per heavy atom. The minimum atomic E-state index is -5.08. The highest BCUT2D eigenvalue weighted by atomic mass is 35.5. The zero-order valence-corrected chi connectivity index (χ0v) is 18.3. The first-order chi connectivity index (χ1) is 15.7. The number of carboxylic acids is 1. The van der Waals surface area contributed by atoms with Crippen molar-refractivity contribution in [2.24, 2.45) is 0 Å². The number of pyridine rings is 1. The number of benzene rings is 2. The molecule has 1 unspecified atom stereocenters. The van der Waals surface area contributed by atoms with E-state index in [0.29, 0.717) is 0 Å². The second-order valence-electron chi connectivity index (χ2n) is 7.19. The molecule has 0 spiro atoms. The number of aromatic amines is 1. The molecule has 2 heterocycles. The lowest BCUT2D eigenvalue weighted by Crippen LogP contribution is -2.21. The lowest BCUT2D eigenvalue weighted by Gasteiger charge is -2.18. The molecule has 33 heavy (non-hydrogen) atoms. The van der Waals surface area contributed by atoms with E-state index in [0.717, 1.165) is 22.6 Å². The van der Waals surface area contributed by atoms with Crippen LogP contribution in [-0.2, 0) is 4.79 Å². The Morgan fingerprint density at radius 1 is 1.06 bits per heavy atom. The standard InChI is InChI=1S/C22H20ClN3.C2HF3O2/c1-24-14-21(17-6-8-18(23)9-7-17)16-4-2-15(3-5-16)19-10-12-25-22-20(19)11-13-26-22;3-2(4,5)1(6)7/h2-13,21,24H,14H2,1H3,(H,25,26);(H,6,7). The van der Waals surface area contributed by atoms with Gasteiger partial charge >= 0.3 is 12.1 Å². The van der Waals surface area contributed by atoms with Gasteiger partial charge in [-0.15, -0.1) is 0 Å². The van der Waals surface area contributed by atoms with Crippen molar-refractivity contribution in [2.45, 2.75) is 12.1 Å². The number of carbonyl (C=O) groups is 1. The van der Waals surface area contributed by atoms with E-state index in [9.17, 15) is 13.2 Å². The Hall–Kier alpha value is -3.36. The highest BCUT2D eigenvalue weighted by Crippen LogP contribution is 2.30. The highest BCUT2D eigenvalue weighted by molar-refractivity contribution is 6.30. The largest absolute Gasteiger partial charge is 0.490 e. The van der Waals surface area contributed by atoms with Crippen molar-refractivity contribution in [2.75, 3.05) is 13.6 Å². The van der Waals surface area contributed by atoms with E-state index in [4.69, 9.17) is 21.5 Å². The molecule has 4 rings (SSSR count). The van der Waals surface area contributed by atoms with Crippen molar-refractivity contribution >= 4 is 28.6 Å². The van der Waals surface area contributed by atoms with Crippen LogP contribution in [0.3, 0.4) is 0 Å². The third-order valence-corrected chi connectivity index (χ3v) is 5.26. The summed E-state index contributed by atoms with van der Waals surface area (Å²) < 4.78 is 31.7. The molecule has 5 nitrogen and oxygen atoms in total. The number of H-pyrrole nitrogens is 1. The van der Waals surface area contributed by atoms with Gasteiger partial charge in [0.1, 0.15) is 5.65 Å². The molecule has 2 aromatic heterocycles. The fourth-order valence-electron chi connectivity index (χ4n) is 3.43. The molecule has 0 saturated carbocycles. The molecule has 0 aliphatic rings. The molecule has 0 amide bonds. The summed E-state index contributed by atoms with van der Waals surface area (Å²) in [6, 6.07) is 21.1. The topological polar surface area (TPSA) is 78.0 Å². The smallest absolute Gasteiger partial charge is 0.475 e. The maximum absolute atomic E-state index is 10.6. The molecule has 0 radical (unpaired) electrons. The van der Waals surface area contributed by atoms with Crippen LogP contribution >= 0.6 is 11.6 Å². The summed E-state index contributed by atoms with van der Waals surface area (Å²) in [5.41, 5.74) is 5.85. The number of hydrogen-bond donors (Lipinski definition) is 3. The van der Waals surface area contributed by atoms with Crippen molar-refractivity contribution < 1.29 is 23.1 Å². The Morgan fingerprint density at radius 2 is 1.64 bits per heavy atom. The molecule has 0 saturated heterocycles. The second kappa shape index (κ2) is 10.5. The molecule has 1 atom stereocenters. The number of aliphatic carboxylic acids is 1. The van der Waals surface area contributed by atoms with Crippen LogP contribution < -0.4 is 5.32 Å². The van der Waals surface area contributed by atoms with E-state index in [1.54, 1.807) is 0 Å². The fraction of sp³-hybridized carbons (Fsp3) is 0.167. The van der Waals surface area contributed by atoms with Gasteiger partial charge in [-0.1, -0.05) is 48.0 Å². The number of aromatic nitrogens is 2. The van der Waals surface area contributed by atoms with Gasteiger partial charge in [-0.25, -0.2) is 9.78 Å². The van der Waals surface area contributed by atoms with Crippen LogP contribution in [-0.4, -0.2) is 40.8 Å². The molecule has 0 fully saturated rings. The first-order valence-electron chi connectivity index (χ1n) is 9.93. The van der Waals surface area contributed by atoms with Crippen molar-refractivity contribution in [3.05, 3.63) is 89.2 Å². The van der Waals surface area contributed by atoms with E-state index in [1.165, 1.54) is 22.3 Å². The summed E-state index contributed by atoms with van der Waals surface area (Å²) in [4.78, 5) is 16.4. The highest BCUT2D eigenvalue weighted by Gasteiger charge is 2.38. The Kier molecular flexibility index (Phi) is 7.73. The number of alkyl halides is 3. The maximum Gasteiger partial charge on any atom is 0.490 e. The minimum absolute atomic E-state index is 0.288. The second-order valence-corrected chi connectivity index (χ2v) is 7.62. The van der Waals surface area contributed by atoms with Crippen molar-refractivity contribution in [1.82, 2.24) is 15.3 Å². The number of hydrogen-bond acceptors (Lipinski definition) is 3. The molecule has 4 aromatic rings. The number of carboxylic acid groups (broad SMARTS) is 1. The fourth-order valence-corrected chi connectivity index (χ4v) is 3.56.